The zero-order chi connectivity index (χ0) is 8.27. The van der Waals surface area contributed by atoms with Gasteiger partial charge in [0, 0.05) is 11.1 Å². The lowest BCUT2D eigenvalue weighted by molar-refractivity contribution is 0.745. The molecule has 0 heterocycles. The molecule has 0 amide bonds. The molecule has 0 fully saturated rings. The molecule has 0 saturated heterocycles. The zero-order valence-electron chi connectivity index (χ0n) is 6.14. The third-order valence-corrected chi connectivity index (χ3v) is 2.07. The number of hydrogen-bond acceptors (Lipinski definition) is 1. The van der Waals surface area contributed by atoms with Gasteiger partial charge in [-0.25, -0.2) is 4.84 Å². The van der Waals surface area contributed by atoms with Crippen LogP contribution in [0.1, 0.15) is 18.5 Å². The zero-order valence-corrected chi connectivity index (χ0v) is 7.65. The van der Waals surface area contributed by atoms with Crippen molar-refractivity contribution in [1.29, 1.82) is 0 Å². The van der Waals surface area contributed by atoms with Crippen LogP contribution < -0.4 is 4.84 Å². The first kappa shape index (κ1) is 8.85. The summed E-state index contributed by atoms with van der Waals surface area (Å²) in [5.41, 5.74) is 1.09. The maximum absolute atomic E-state index is 5.78. The lowest BCUT2D eigenvalue weighted by Crippen LogP contribution is -2.05. The number of rotatable bonds is 2. The molecular formula is C8H9Cl2N. The SMILES string of the molecule is C[C@@H](NCl)c1cccc(Cl)c1. The molecular weight excluding hydrogens is 181 g/mol. The molecule has 0 aliphatic rings. The fourth-order valence-corrected chi connectivity index (χ4v) is 1.16. The van der Waals surface area contributed by atoms with Crippen LogP contribution in [0, 0.1) is 0 Å². The smallest absolute Gasteiger partial charge is 0.0442 e. The van der Waals surface area contributed by atoms with E-state index in [-0.39, 0.29) is 6.04 Å². The molecule has 1 aromatic rings. The Morgan fingerprint density at radius 1 is 1.45 bits per heavy atom. The van der Waals surface area contributed by atoms with Gasteiger partial charge in [-0.3, -0.25) is 0 Å². The molecule has 60 valence electrons. The highest BCUT2D eigenvalue weighted by molar-refractivity contribution is 6.30. The molecule has 1 N–H and O–H groups in total. The van der Waals surface area contributed by atoms with Gasteiger partial charge in [0.1, 0.15) is 0 Å². The monoisotopic (exact) mass is 189 g/mol. The summed E-state index contributed by atoms with van der Waals surface area (Å²) in [5, 5.41) is 0.737. The molecule has 0 spiro atoms. The van der Waals surface area contributed by atoms with Crippen LogP contribution in [-0.4, -0.2) is 0 Å². The van der Waals surface area contributed by atoms with E-state index in [9.17, 15) is 0 Å². The molecule has 0 saturated carbocycles. The highest BCUT2D eigenvalue weighted by Gasteiger charge is 2.01. The van der Waals surface area contributed by atoms with Gasteiger partial charge in [-0.15, -0.1) is 0 Å². The van der Waals surface area contributed by atoms with Crippen LogP contribution in [0.3, 0.4) is 0 Å². The average Bonchev–Trinajstić information content (AvgIpc) is 2.03. The predicted molar refractivity (Wildman–Crippen MR) is 48.9 cm³/mol. The Labute approximate surface area is 76.4 Å². The van der Waals surface area contributed by atoms with Crippen molar-refractivity contribution in [2.24, 2.45) is 0 Å². The van der Waals surface area contributed by atoms with Gasteiger partial charge < -0.3 is 0 Å². The summed E-state index contributed by atoms with van der Waals surface area (Å²) in [7, 11) is 0. The first-order chi connectivity index (χ1) is 5.24. The molecule has 0 unspecified atom stereocenters. The number of benzene rings is 1. The molecule has 0 radical (unpaired) electrons. The van der Waals surface area contributed by atoms with E-state index in [1.165, 1.54) is 0 Å². The molecule has 0 bridgehead atoms. The predicted octanol–water partition coefficient (Wildman–Crippen LogP) is 3.14. The second-order valence-electron chi connectivity index (χ2n) is 2.39. The second-order valence-corrected chi connectivity index (χ2v) is 3.04. The summed E-state index contributed by atoms with van der Waals surface area (Å²) >= 11 is 11.2. The van der Waals surface area contributed by atoms with Crippen molar-refractivity contribution in [3.8, 4) is 0 Å². The topological polar surface area (TPSA) is 12.0 Å². The third kappa shape index (κ3) is 2.37. The number of halogens is 2. The van der Waals surface area contributed by atoms with Gasteiger partial charge >= 0.3 is 0 Å². The van der Waals surface area contributed by atoms with Crippen LogP contribution in [0.4, 0.5) is 0 Å². The standard InChI is InChI=1S/C8H9Cl2N/c1-6(11-10)7-3-2-4-8(9)5-7/h2-6,11H,1H3/t6-/m1/s1. The minimum atomic E-state index is 0.135. The van der Waals surface area contributed by atoms with Crippen LogP contribution in [-0.2, 0) is 0 Å². The van der Waals surface area contributed by atoms with Crippen LogP contribution in [0.5, 0.6) is 0 Å². The minimum Gasteiger partial charge on any atom is -0.226 e. The molecule has 0 aliphatic heterocycles. The van der Waals surface area contributed by atoms with Crippen molar-refractivity contribution < 1.29 is 0 Å². The highest BCUT2D eigenvalue weighted by atomic mass is 35.5. The van der Waals surface area contributed by atoms with E-state index in [2.05, 4.69) is 4.84 Å². The Hall–Kier alpha value is -0.240. The number of hydrogen-bond donors (Lipinski definition) is 1. The fraction of sp³-hybridized carbons (Fsp3) is 0.250. The van der Waals surface area contributed by atoms with E-state index >= 15 is 0 Å². The lowest BCUT2D eigenvalue weighted by atomic mass is 10.1. The Bertz CT molecular complexity index is 237. The van der Waals surface area contributed by atoms with Gasteiger partial charge in [-0.2, -0.15) is 0 Å². The summed E-state index contributed by atoms with van der Waals surface area (Å²) in [6.07, 6.45) is 0. The molecule has 1 rings (SSSR count). The molecule has 11 heavy (non-hydrogen) atoms. The first-order valence-corrected chi connectivity index (χ1v) is 4.11. The van der Waals surface area contributed by atoms with Gasteiger partial charge in [-0.05, 0) is 36.4 Å². The molecule has 0 aliphatic carbocycles. The second kappa shape index (κ2) is 3.96. The van der Waals surface area contributed by atoms with Crippen LogP contribution >= 0.6 is 23.4 Å². The van der Waals surface area contributed by atoms with E-state index in [1.807, 2.05) is 31.2 Å². The largest absolute Gasteiger partial charge is 0.226 e. The van der Waals surface area contributed by atoms with Crippen molar-refractivity contribution in [2.75, 3.05) is 0 Å². The summed E-state index contributed by atoms with van der Waals surface area (Å²) < 4.78 is 0. The van der Waals surface area contributed by atoms with Crippen molar-refractivity contribution >= 4 is 23.4 Å². The van der Waals surface area contributed by atoms with Gasteiger partial charge in [0.15, 0.2) is 0 Å². The maximum atomic E-state index is 5.78. The molecule has 1 atom stereocenters. The summed E-state index contributed by atoms with van der Waals surface area (Å²) in [5.74, 6) is 0. The average molecular weight is 190 g/mol. The van der Waals surface area contributed by atoms with Crippen molar-refractivity contribution in [1.82, 2.24) is 4.84 Å². The molecule has 1 aromatic carbocycles. The molecule has 1 nitrogen and oxygen atoms in total. The van der Waals surface area contributed by atoms with E-state index in [0.717, 1.165) is 10.6 Å². The van der Waals surface area contributed by atoms with Gasteiger partial charge in [0.2, 0.25) is 0 Å². The van der Waals surface area contributed by atoms with Gasteiger partial charge in [-0.1, -0.05) is 23.7 Å². The van der Waals surface area contributed by atoms with E-state index in [1.54, 1.807) is 0 Å². The quantitative estimate of drug-likeness (QED) is 0.706. The fourth-order valence-electron chi connectivity index (χ4n) is 0.839. The van der Waals surface area contributed by atoms with Crippen LogP contribution in [0.2, 0.25) is 5.02 Å². The van der Waals surface area contributed by atoms with Crippen LogP contribution in [0.25, 0.3) is 0 Å². The summed E-state index contributed by atoms with van der Waals surface area (Å²) in [6, 6.07) is 7.75. The highest BCUT2D eigenvalue weighted by Crippen LogP contribution is 2.17. The van der Waals surface area contributed by atoms with Crippen molar-refractivity contribution in [3.63, 3.8) is 0 Å². The Kier molecular flexibility index (Phi) is 3.18. The Morgan fingerprint density at radius 2 is 2.18 bits per heavy atom. The number of nitrogens with one attached hydrogen (secondary N) is 1. The first-order valence-electron chi connectivity index (χ1n) is 3.35. The summed E-state index contributed by atoms with van der Waals surface area (Å²) in [4.78, 5) is 2.62. The summed E-state index contributed by atoms with van der Waals surface area (Å²) in [6.45, 7) is 1.97. The van der Waals surface area contributed by atoms with E-state index < -0.39 is 0 Å². The molecule has 3 heteroatoms. The lowest BCUT2D eigenvalue weighted by Gasteiger charge is -2.07. The minimum absolute atomic E-state index is 0.135. The van der Waals surface area contributed by atoms with E-state index in [0.29, 0.717) is 0 Å². The Balaban J connectivity index is 2.86. The van der Waals surface area contributed by atoms with Gasteiger partial charge in [0.05, 0.1) is 0 Å². The van der Waals surface area contributed by atoms with Crippen LogP contribution in [0.15, 0.2) is 24.3 Å². The van der Waals surface area contributed by atoms with E-state index in [4.69, 9.17) is 23.4 Å². The van der Waals surface area contributed by atoms with Crippen molar-refractivity contribution in [3.05, 3.63) is 34.9 Å². The third-order valence-electron chi connectivity index (χ3n) is 1.51. The Morgan fingerprint density at radius 3 is 2.73 bits per heavy atom. The maximum Gasteiger partial charge on any atom is 0.0442 e. The normalized spacial score (nSPS) is 13.0. The molecule has 0 aromatic heterocycles. The van der Waals surface area contributed by atoms with Crippen molar-refractivity contribution in [2.45, 2.75) is 13.0 Å². The van der Waals surface area contributed by atoms with Gasteiger partial charge in [0.25, 0.3) is 0 Å².